The monoisotopic (exact) mass is 372 g/mol. The molecule has 2 aromatic rings. The second kappa shape index (κ2) is 8.11. The molecular weight excluding hydrogens is 356 g/mol. The average molecular weight is 372 g/mol. The summed E-state index contributed by atoms with van der Waals surface area (Å²) in [6.45, 7) is 0. The van der Waals surface area contributed by atoms with Crippen LogP contribution in [0.5, 0.6) is 0 Å². The highest BCUT2D eigenvalue weighted by molar-refractivity contribution is 8.33. The molecule has 1 aliphatic rings. The van der Waals surface area contributed by atoms with Crippen molar-refractivity contribution in [3.8, 4) is 0 Å². The number of anilines is 1. The third-order valence-corrected chi connectivity index (χ3v) is 4.90. The van der Waals surface area contributed by atoms with Crippen molar-refractivity contribution >= 4 is 45.1 Å². The Balaban J connectivity index is 1.73. The number of para-hydroxylation sites is 1. The summed E-state index contributed by atoms with van der Waals surface area (Å²) < 4.78 is 0.595. The van der Waals surface area contributed by atoms with E-state index in [1.54, 1.807) is 17.1 Å². The Labute approximate surface area is 155 Å². The van der Waals surface area contributed by atoms with Crippen LogP contribution in [0.15, 0.2) is 65.8 Å². The van der Waals surface area contributed by atoms with E-state index in [1.165, 1.54) is 11.8 Å². The highest BCUT2D eigenvalue weighted by atomic mass is 32.2. The van der Waals surface area contributed by atoms with Crippen molar-refractivity contribution in [1.82, 2.24) is 10.4 Å². The van der Waals surface area contributed by atoms with Crippen LogP contribution in [-0.2, 0) is 4.84 Å². The summed E-state index contributed by atoms with van der Waals surface area (Å²) in [5.41, 5.74) is 4.87. The summed E-state index contributed by atoms with van der Waals surface area (Å²) in [5, 5.41) is 8.95. The molecule has 0 aliphatic carbocycles. The lowest BCUT2D eigenvalue weighted by atomic mass is 10.1. The maximum Gasteiger partial charge on any atom is 0.437 e. The van der Waals surface area contributed by atoms with Crippen LogP contribution < -0.4 is 10.7 Å². The van der Waals surface area contributed by atoms with Crippen molar-refractivity contribution in [3.63, 3.8) is 0 Å². The molecule has 1 aliphatic heterocycles. The summed E-state index contributed by atoms with van der Waals surface area (Å²) in [7, 11) is 1.84. The first-order valence-corrected chi connectivity index (χ1v) is 8.73. The Morgan fingerprint density at radius 2 is 1.84 bits per heavy atom. The van der Waals surface area contributed by atoms with Gasteiger partial charge in [0.1, 0.15) is 11.1 Å². The van der Waals surface area contributed by atoms with Crippen LogP contribution in [-0.4, -0.2) is 27.5 Å². The second-order valence-electron chi connectivity index (χ2n) is 5.20. The van der Waals surface area contributed by atoms with Gasteiger partial charge in [0.2, 0.25) is 0 Å². The van der Waals surface area contributed by atoms with E-state index in [1.807, 2.05) is 55.6 Å². The van der Waals surface area contributed by atoms with Gasteiger partial charge in [0.15, 0.2) is 4.32 Å². The molecule has 6 nitrogen and oxygen atoms in total. The predicted octanol–water partition coefficient (Wildman–Crippen LogP) is 3.76. The minimum atomic E-state index is -0.657. The van der Waals surface area contributed by atoms with E-state index in [0.29, 0.717) is 15.1 Å². The number of hydrazine groups is 1. The molecule has 8 heteroatoms. The zero-order valence-electron chi connectivity index (χ0n) is 13.4. The number of hydrogen-bond donors (Lipinski definition) is 2. The molecule has 2 N–H and O–H groups in total. The summed E-state index contributed by atoms with van der Waals surface area (Å²) in [5.74, 6) is 0. The number of amides is 1. The Morgan fingerprint density at radius 1 is 1.20 bits per heavy atom. The van der Waals surface area contributed by atoms with E-state index in [0.717, 1.165) is 5.56 Å². The van der Waals surface area contributed by atoms with Gasteiger partial charge < -0.3 is 0 Å². The third-order valence-electron chi connectivity index (χ3n) is 3.41. The fraction of sp³-hybridized carbons (Fsp3) is 0.118. The molecule has 0 radical (unpaired) electrons. The Hall–Kier alpha value is -2.42. The quantitative estimate of drug-likeness (QED) is 0.486. The molecule has 1 heterocycles. The van der Waals surface area contributed by atoms with Crippen LogP contribution in [0.25, 0.3) is 0 Å². The summed E-state index contributed by atoms with van der Waals surface area (Å²) in [6, 6.07) is 18.6. The molecule has 25 heavy (non-hydrogen) atoms. The first-order valence-electron chi connectivity index (χ1n) is 7.51. The van der Waals surface area contributed by atoms with Crippen LogP contribution in [0, 0.1) is 0 Å². The van der Waals surface area contributed by atoms with Gasteiger partial charge in [-0.2, -0.15) is 0 Å². The van der Waals surface area contributed by atoms with Gasteiger partial charge in [0.25, 0.3) is 0 Å². The van der Waals surface area contributed by atoms with Crippen molar-refractivity contribution in [1.29, 1.82) is 0 Å². The summed E-state index contributed by atoms with van der Waals surface area (Å²) in [6.07, 6.45) is -0.657. The van der Waals surface area contributed by atoms with Gasteiger partial charge in [0, 0.05) is 12.7 Å². The molecular formula is C17H16N4O2S2. The number of hydrogen-bond acceptors (Lipinski definition) is 6. The highest BCUT2D eigenvalue weighted by Crippen LogP contribution is 2.28. The number of oxime groups is 1. The zero-order valence-corrected chi connectivity index (χ0v) is 15.0. The van der Waals surface area contributed by atoms with Crippen molar-refractivity contribution in [2.24, 2.45) is 5.16 Å². The van der Waals surface area contributed by atoms with Crippen molar-refractivity contribution in [3.05, 3.63) is 66.2 Å². The SMILES string of the molecule is CN1NC(c2ccccc2)/C(=N\OC(=O)Nc2ccccc2)SC1=S. The van der Waals surface area contributed by atoms with Crippen LogP contribution in [0.4, 0.5) is 10.5 Å². The third kappa shape index (κ3) is 4.56. The number of thiocarbonyl (C=S) groups is 1. The van der Waals surface area contributed by atoms with Crippen LogP contribution in [0.3, 0.4) is 0 Å². The first kappa shape index (κ1) is 17.4. The molecule has 1 saturated heterocycles. The normalized spacial score (nSPS) is 18.9. The van der Waals surface area contributed by atoms with Gasteiger partial charge >= 0.3 is 6.09 Å². The number of thioether (sulfide) groups is 1. The fourth-order valence-electron chi connectivity index (χ4n) is 2.20. The lowest BCUT2D eigenvalue weighted by molar-refractivity contribution is 0.166. The van der Waals surface area contributed by atoms with Crippen LogP contribution in [0.2, 0.25) is 0 Å². The molecule has 0 spiro atoms. The molecule has 3 rings (SSSR count). The summed E-state index contributed by atoms with van der Waals surface area (Å²) >= 11 is 6.57. The lowest BCUT2D eigenvalue weighted by Crippen LogP contribution is -2.47. The number of nitrogens with zero attached hydrogens (tertiary/aromatic N) is 2. The van der Waals surface area contributed by atoms with Gasteiger partial charge in [-0.05, 0) is 29.5 Å². The van der Waals surface area contributed by atoms with E-state index in [2.05, 4.69) is 15.9 Å². The highest BCUT2D eigenvalue weighted by Gasteiger charge is 2.29. The molecule has 2 aromatic carbocycles. The van der Waals surface area contributed by atoms with Crippen LogP contribution in [0.1, 0.15) is 11.6 Å². The van der Waals surface area contributed by atoms with E-state index in [4.69, 9.17) is 17.1 Å². The first-order chi connectivity index (χ1) is 12.1. The molecule has 1 unspecified atom stereocenters. The standard InChI is InChI=1S/C17H16N4O2S2/c1-21-17(24)25-15(14(19-21)12-8-4-2-5-9-12)20-23-16(22)18-13-10-6-3-7-11-13/h2-11,14,19H,1H3,(H,18,22)/b20-15+. The van der Waals surface area contributed by atoms with Crippen molar-refractivity contribution in [2.45, 2.75) is 6.04 Å². The smallest absolute Gasteiger partial charge is 0.297 e. The van der Waals surface area contributed by atoms with Gasteiger partial charge in [-0.1, -0.05) is 65.9 Å². The minimum absolute atomic E-state index is 0.243. The number of nitrogens with one attached hydrogen (secondary N) is 2. The van der Waals surface area contributed by atoms with Crippen molar-refractivity contribution < 1.29 is 9.63 Å². The molecule has 0 saturated carbocycles. The maximum absolute atomic E-state index is 11.9. The predicted molar refractivity (Wildman–Crippen MR) is 104 cm³/mol. The number of carbonyl (C=O) groups excluding carboxylic acids is 1. The van der Waals surface area contributed by atoms with E-state index < -0.39 is 6.09 Å². The molecule has 0 bridgehead atoms. The Bertz CT molecular complexity index is 784. The topological polar surface area (TPSA) is 66.0 Å². The molecule has 1 atom stereocenters. The van der Waals surface area contributed by atoms with E-state index in [9.17, 15) is 4.79 Å². The van der Waals surface area contributed by atoms with Gasteiger partial charge in [-0.15, -0.1) is 0 Å². The molecule has 1 amide bonds. The molecule has 128 valence electrons. The minimum Gasteiger partial charge on any atom is -0.297 e. The van der Waals surface area contributed by atoms with Gasteiger partial charge in [-0.3, -0.25) is 15.2 Å². The Morgan fingerprint density at radius 3 is 2.52 bits per heavy atom. The summed E-state index contributed by atoms with van der Waals surface area (Å²) in [4.78, 5) is 17.0. The largest absolute Gasteiger partial charge is 0.437 e. The average Bonchev–Trinajstić information content (AvgIpc) is 2.64. The van der Waals surface area contributed by atoms with Gasteiger partial charge in [-0.25, -0.2) is 10.2 Å². The zero-order chi connectivity index (χ0) is 17.6. The van der Waals surface area contributed by atoms with E-state index in [-0.39, 0.29) is 6.04 Å². The number of rotatable bonds is 3. The molecule has 1 fully saturated rings. The lowest BCUT2D eigenvalue weighted by Gasteiger charge is -2.33. The Kier molecular flexibility index (Phi) is 5.64. The van der Waals surface area contributed by atoms with E-state index >= 15 is 0 Å². The van der Waals surface area contributed by atoms with Crippen LogP contribution >= 0.6 is 24.0 Å². The fourth-order valence-corrected chi connectivity index (χ4v) is 3.26. The second-order valence-corrected chi connectivity index (χ2v) is 6.85. The number of carbonyl (C=O) groups is 1. The maximum atomic E-state index is 11.9. The molecule has 0 aromatic heterocycles. The van der Waals surface area contributed by atoms with Crippen molar-refractivity contribution in [2.75, 3.05) is 12.4 Å². The number of benzene rings is 2. The van der Waals surface area contributed by atoms with Gasteiger partial charge in [0.05, 0.1) is 0 Å².